The average Bonchev–Trinajstić information content (AvgIpc) is 2.96. The molecule has 0 spiro atoms. The van der Waals surface area contributed by atoms with Crippen LogP contribution in [0.3, 0.4) is 0 Å². The van der Waals surface area contributed by atoms with Crippen LogP contribution in [0.4, 0.5) is 0 Å². The molecular weight excluding hydrogens is 238 g/mol. The Morgan fingerprint density at radius 2 is 2.16 bits per heavy atom. The second-order valence-corrected chi connectivity index (χ2v) is 5.69. The third kappa shape index (κ3) is 2.21. The Labute approximate surface area is 113 Å². The van der Waals surface area contributed by atoms with E-state index < -0.39 is 0 Å². The SMILES string of the molecule is CC(C)N1CCCC1Cn1c(=O)[nH]c2ccccc21. The lowest BCUT2D eigenvalue weighted by molar-refractivity contribution is 0.187. The van der Waals surface area contributed by atoms with Crippen molar-refractivity contribution in [1.82, 2.24) is 14.5 Å². The molecule has 3 rings (SSSR count). The summed E-state index contributed by atoms with van der Waals surface area (Å²) < 4.78 is 1.89. The number of H-pyrrole nitrogens is 1. The Bertz CT molecular complexity index is 626. The second-order valence-electron chi connectivity index (χ2n) is 5.69. The zero-order valence-corrected chi connectivity index (χ0v) is 11.6. The van der Waals surface area contributed by atoms with E-state index in [1.165, 1.54) is 12.8 Å². The van der Waals surface area contributed by atoms with E-state index in [2.05, 4.69) is 23.7 Å². The standard InChI is InChI=1S/C15H21N3O/c1-11(2)17-9-5-6-12(17)10-18-14-8-4-3-7-13(14)16-15(18)19/h3-4,7-8,11-12H,5-6,9-10H2,1-2H3,(H,16,19). The van der Waals surface area contributed by atoms with Gasteiger partial charge in [0, 0.05) is 18.6 Å². The maximum Gasteiger partial charge on any atom is 0.326 e. The number of likely N-dealkylation sites (tertiary alicyclic amines) is 1. The number of nitrogens with zero attached hydrogens (tertiary/aromatic N) is 2. The quantitative estimate of drug-likeness (QED) is 0.918. The smallest absolute Gasteiger partial charge is 0.306 e. The molecule has 1 aromatic carbocycles. The molecule has 0 amide bonds. The predicted molar refractivity (Wildman–Crippen MR) is 77.4 cm³/mol. The van der Waals surface area contributed by atoms with E-state index in [1.54, 1.807) is 0 Å². The Morgan fingerprint density at radius 3 is 2.95 bits per heavy atom. The topological polar surface area (TPSA) is 41.0 Å². The van der Waals surface area contributed by atoms with Crippen molar-refractivity contribution < 1.29 is 0 Å². The van der Waals surface area contributed by atoms with Gasteiger partial charge in [0.1, 0.15) is 0 Å². The highest BCUT2D eigenvalue weighted by Crippen LogP contribution is 2.22. The number of aromatic amines is 1. The molecule has 0 radical (unpaired) electrons. The molecule has 0 saturated carbocycles. The summed E-state index contributed by atoms with van der Waals surface area (Å²) in [5, 5.41) is 0. The van der Waals surface area contributed by atoms with Crippen molar-refractivity contribution >= 4 is 11.0 Å². The van der Waals surface area contributed by atoms with Crippen molar-refractivity contribution in [3.05, 3.63) is 34.7 Å². The van der Waals surface area contributed by atoms with Gasteiger partial charge >= 0.3 is 5.69 Å². The van der Waals surface area contributed by atoms with Crippen LogP contribution in [0.25, 0.3) is 11.0 Å². The van der Waals surface area contributed by atoms with Crippen LogP contribution in [0.1, 0.15) is 26.7 Å². The number of hydrogen-bond donors (Lipinski definition) is 1. The molecule has 1 fully saturated rings. The summed E-state index contributed by atoms with van der Waals surface area (Å²) in [5.74, 6) is 0. The second kappa shape index (κ2) is 4.85. The molecule has 19 heavy (non-hydrogen) atoms. The highest BCUT2D eigenvalue weighted by Gasteiger charge is 2.27. The first kappa shape index (κ1) is 12.5. The fourth-order valence-electron chi connectivity index (χ4n) is 3.23. The van der Waals surface area contributed by atoms with Gasteiger partial charge in [-0.25, -0.2) is 4.79 Å². The van der Waals surface area contributed by atoms with Gasteiger partial charge in [-0.15, -0.1) is 0 Å². The summed E-state index contributed by atoms with van der Waals surface area (Å²) in [7, 11) is 0. The monoisotopic (exact) mass is 259 g/mol. The van der Waals surface area contributed by atoms with Gasteiger partial charge in [0.15, 0.2) is 0 Å². The molecule has 1 N–H and O–H groups in total. The number of para-hydroxylation sites is 2. The summed E-state index contributed by atoms with van der Waals surface area (Å²) in [6.07, 6.45) is 2.42. The molecule has 1 aliphatic heterocycles. The van der Waals surface area contributed by atoms with Gasteiger partial charge < -0.3 is 4.98 Å². The number of imidazole rings is 1. The molecule has 2 heterocycles. The zero-order valence-electron chi connectivity index (χ0n) is 11.6. The fourth-order valence-corrected chi connectivity index (χ4v) is 3.23. The van der Waals surface area contributed by atoms with E-state index in [1.807, 2.05) is 28.8 Å². The Morgan fingerprint density at radius 1 is 1.37 bits per heavy atom. The summed E-state index contributed by atoms with van der Waals surface area (Å²) in [6, 6.07) is 8.95. The molecule has 1 unspecified atom stereocenters. The van der Waals surface area contributed by atoms with Crippen molar-refractivity contribution in [3.63, 3.8) is 0 Å². The highest BCUT2D eigenvalue weighted by molar-refractivity contribution is 5.74. The third-order valence-corrected chi connectivity index (χ3v) is 4.16. The molecule has 2 aromatic rings. The normalized spacial score (nSPS) is 20.7. The molecule has 0 aliphatic carbocycles. The first-order valence-corrected chi connectivity index (χ1v) is 7.10. The molecule has 1 aromatic heterocycles. The molecule has 0 bridgehead atoms. The van der Waals surface area contributed by atoms with Crippen LogP contribution in [0.15, 0.2) is 29.1 Å². The Balaban J connectivity index is 1.93. The number of benzene rings is 1. The van der Waals surface area contributed by atoms with Crippen LogP contribution in [0, 0.1) is 0 Å². The molecule has 4 heteroatoms. The van der Waals surface area contributed by atoms with Crippen LogP contribution in [-0.2, 0) is 6.54 Å². The number of hydrogen-bond acceptors (Lipinski definition) is 2. The fraction of sp³-hybridized carbons (Fsp3) is 0.533. The molecule has 1 saturated heterocycles. The van der Waals surface area contributed by atoms with Gasteiger partial charge in [-0.1, -0.05) is 12.1 Å². The first-order valence-electron chi connectivity index (χ1n) is 7.10. The Kier molecular flexibility index (Phi) is 3.19. The van der Waals surface area contributed by atoms with E-state index in [4.69, 9.17) is 0 Å². The summed E-state index contributed by atoms with van der Waals surface area (Å²) in [6.45, 7) is 6.41. The van der Waals surface area contributed by atoms with E-state index in [-0.39, 0.29) is 5.69 Å². The van der Waals surface area contributed by atoms with Crippen molar-refractivity contribution in [2.45, 2.75) is 45.3 Å². The molecule has 1 aliphatic rings. The number of fused-ring (bicyclic) bond motifs is 1. The number of aromatic nitrogens is 2. The van der Waals surface area contributed by atoms with Crippen LogP contribution in [0.2, 0.25) is 0 Å². The van der Waals surface area contributed by atoms with Crippen molar-refractivity contribution in [3.8, 4) is 0 Å². The molecule has 102 valence electrons. The van der Waals surface area contributed by atoms with Gasteiger partial charge in [0.05, 0.1) is 11.0 Å². The molecule has 4 nitrogen and oxygen atoms in total. The first-order chi connectivity index (χ1) is 9.16. The minimum atomic E-state index is 0.0109. The zero-order chi connectivity index (χ0) is 13.4. The maximum atomic E-state index is 12.1. The summed E-state index contributed by atoms with van der Waals surface area (Å²) >= 11 is 0. The van der Waals surface area contributed by atoms with Crippen molar-refractivity contribution in [2.75, 3.05) is 6.54 Å². The van der Waals surface area contributed by atoms with Crippen LogP contribution < -0.4 is 5.69 Å². The van der Waals surface area contributed by atoms with E-state index in [0.29, 0.717) is 12.1 Å². The molecular formula is C15H21N3O. The third-order valence-electron chi connectivity index (χ3n) is 4.16. The number of nitrogens with one attached hydrogen (secondary N) is 1. The minimum Gasteiger partial charge on any atom is -0.306 e. The lowest BCUT2D eigenvalue weighted by Crippen LogP contribution is -2.39. The van der Waals surface area contributed by atoms with E-state index in [0.717, 1.165) is 24.1 Å². The van der Waals surface area contributed by atoms with Crippen LogP contribution >= 0.6 is 0 Å². The van der Waals surface area contributed by atoms with Gasteiger partial charge in [0.2, 0.25) is 0 Å². The van der Waals surface area contributed by atoms with E-state index >= 15 is 0 Å². The van der Waals surface area contributed by atoms with Gasteiger partial charge in [-0.3, -0.25) is 9.47 Å². The summed E-state index contributed by atoms with van der Waals surface area (Å²) in [4.78, 5) is 17.5. The lowest BCUT2D eigenvalue weighted by atomic mass is 10.2. The Hall–Kier alpha value is -1.55. The maximum absolute atomic E-state index is 12.1. The van der Waals surface area contributed by atoms with Gasteiger partial charge in [-0.05, 0) is 45.4 Å². The summed E-state index contributed by atoms with van der Waals surface area (Å²) in [5.41, 5.74) is 1.96. The predicted octanol–water partition coefficient (Wildman–Crippen LogP) is 2.20. The molecule has 1 atom stereocenters. The van der Waals surface area contributed by atoms with E-state index in [9.17, 15) is 4.79 Å². The van der Waals surface area contributed by atoms with Crippen LogP contribution in [-0.4, -0.2) is 33.1 Å². The van der Waals surface area contributed by atoms with Crippen LogP contribution in [0.5, 0.6) is 0 Å². The van der Waals surface area contributed by atoms with Gasteiger partial charge in [0.25, 0.3) is 0 Å². The highest BCUT2D eigenvalue weighted by atomic mass is 16.1. The van der Waals surface area contributed by atoms with Crippen molar-refractivity contribution in [2.24, 2.45) is 0 Å². The number of rotatable bonds is 3. The van der Waals surface area contributed by atoms with Crippen molar-refractivity contribution in [1.29, 1.82) is 0 Å². The minimum absolute atomic E-state index is 0.0109. The van der Waals surface area contributed by atoms with Gasteiger partial charge in [-0.2, -0.15) is 0 Å². The average molecular weight is 259 g/mol. The lowest BCUT2D eigenvalue weighted by Gasteiger charge is -2.28. The largest absolute Gasteiger partial charge is 0.326 e.